The summed E-state index contributed by atoms with van der Waals surface area (Å²) in [7, 11) is 0. The minimum absolute atomic E-state index is 0.253. The lowest BCUT2D eigenvalue weighted by Gasteiger charge is -2.02. The van der Waals surface area contributed by atoms with Crippen molar-refractivity contribution in [2.45, 2.75) is 0 Å². The van der Waals surface area contributed by atoms with E-state index < -0.39 is 0 Å². The van der Waals surface area contributed by atoms with Gasteiger partial charge in [0.05, 0.1) is 0 Å². The van der Waals surface area contributed by atoms with Gasteiger partial charge in [-0.2, -0.15) is 0 Å². The number of carbonyl (C=O) groups excluding carboxylic acids is 1. The van der Waals surface area contributed by atoms with Gasteiger partial charge in [-0.3, -0.25) is 4.79 Å². The third kappa shape index (κ3) is 4.31. The van der Waals surface area contributed by atoms with Crippen molar-refractivity contribution >= 4 is 29.4 Å². The van der Waals surface area contributed by atoms with Gasteiger partial charge in [0.2, 0.25) is 5.91 Å². The Kier molecular flexibility index (Phi) is 5.04. The van der Waals surface area contributed by atoms with Gasteiger partial charge in [-0.05, 0) is 34.9 Å². The van der Waals surface area contributed by atoms with Gasteiger partial charge in [0.1, 0.15) is 11.0 Å². The predicted molar refractivity (Wildman–Crippen MR) is 98.8 cm³/mol. The molecule has 0 bridgehead atoms. The van der Waals surface area contributed by atoms with E-state index in [9.17, 15) is 4.79 Å². The summed E-state index contributed by atoms with van der Waals surface area (Å²) in [6, 6.07) is 23.2. The smallest absolute Gasteiger partial charge is 0.249 e. The Labute approximate surface area is 145 Å². The van der Waals surface area contributed by atoms with Gasteiger partial charge in [-0.1, -0.05) is 72.3 Å². The van der Waals surface area contributed by atoms with Gasteiger partial charge in [0.15, 0.2) is 0 Å². The summed E-state index contributed by atoms with van der Waals surface area (Å²) in [5.41, 5.74) is 3.25. The molecule has 4 heteroatoms. The number of nitrogens with one attached hydrogen (secondary N) is 1. The van der Waals surface area contributed by atoms with Crippen LogP contribution in [-0.2, 0) is 4.79 Å². The van der Waals surface area contributed by atoms with Crippen LogP contribution < -0.4 is 5.32 Å². The number of aromatic nitrogens is 1. The Bertz CT molecular complexity index is 858. The molecule has 0 saturated carbocycles. The number of nitrogens with zero attached hydrogens (tertiary/aromatic N) is 1. The first-order chi connectivity index (χ1) is 11.7. The summed E-state index contributed by atoms with van der Waals surface area (Å²) >= 11 is 5.79. The zero-order chi connectivity index (χ0) is 16.8. The van der Waals surface area contributed by atoms with Crippen LogP contribution in [0.5, 0.6) is 0 Å². The lowest BCUT2D eigenvalue weighted by molar-refractivity contribution is -0.111. The molecule has 3 aromatic rings. The van der Waals surface area contributed by atoms with E-state index in [1.54, 1.807) is 24.3 Å². The highest BCUT2D eigenvalue weighted by molar-refractivity contribution is 6.29. The third-order valence-electron chi connectivity index (χ3n) is 3.41. The number of rotatable bonds is 4. The van der Waals surface area contributed by atoms with Crippen LogP contribution in [0, 0.1) is 0 Å². The van der Waals surface area contributed by atoms with E-state index >= 15 is 0 Å². The van der Waals surface area contributed by atoms with E-state index in [2.05, 4.69) is 22.4 Å². The Hall–Kier alpha value is -2.91. The molecule has 0 radical (unpaired) electrons. The lowest BCUT2D eigenvalue weighted by atomic mass is 10.0. The maximum absolute atomic E-state index is 11.9. The van der Waals surface area contributed by atoms with Crippen LogP contribution in [0.25, 0.3) is 17.2 Å². The summed E-state index contributed by atoms with van der Waals surface area (Å²) in [6.45, 7) is 0. The number of halogens is 1. The van der Waals surface area contributed by atoms with Crippen molar-refractivity contribution in [2.24, 2.45) is 0 Å². The highest BCUT2D eigenvalue weighted by Crippen LogP contribution is 2.19. The highest BCUT2D eigenvalue weighted by Gasteiger charge is 2.00. The molecule has 1 amide bonds. The second-order valence-electron chi connectivity index (χ2n) is 5.16. The topological polar surface area (TPSA) is 42.0 Å². The number of anilines is 1. The molecule has 0 aliphatic rings. The van der Waals surface area contributed by atoms with E-state index in [4.69, 9.17) is 11.6 Å². The van der Waals surface area contributed by atoms with Crippen LogP contribution in [-0.4, -0.2) is 10.9 Å². The summed E-state index contributed by atoms with van der Waals surface area (Å²) in [5.74, 6) is 0.175. The van der Waals surface area contributed by atoms with E-state index in [0.717, 1.165) is 16.7 Å². The summed E-state index contributed by atoms with van der Waals surface area (Å²) < 4.78 is 0. The second-order valence-corrected chi connectivity index (χ2v) is 5.54. The number of amides is 1. The van der Waals surface area contributed by atoms with Crippen molar-refractivity contribution in [3.63, 3.8) is 0 Å². The van der Waals surface area contributed by atoms with Crippen molar-refractivity contribution in [1.82, 2.24) is 4.98 Å². The van der Waals surface area contributed by atoms with Crippen molar-refractivity contribution in [1.29, 1.82) is 0 Å². The number of pyridine rings is 1. The van der Waals surface area contributed by atoms with Gasteiger partial charge in [-0.25, -0.2) is 4.98 Å². The molecule has 1 aromatic heterocycles. The first-order valence-electron chi connectivity index (χ1n) is 7.48. The van der Waals surface area contributed by atoms with Gasteiger partial charge in [-0.15, -0.1) is 0 Å². The number of hydrogen-bond acceptors (Lipinski definition) is 2. The van der Waals surface area contributed by atoms with Crippen LogP contribution in [0.1, 0.15) is 5.56 Å². The van der Waals surface area contributed by atoms with E-state index in [1.165, 1.54) is 6.08 Å². The highest BCUT2D eigenvalue weighted by atomic mass is 35.5. The molecular weight excluding hydrogens is 320 g/mol. The van der Waals surface area contributed by atoms with Crippen molar-refractivity contribution in [3.8, 4) is 11.1 Å². The van der Waals surface area contributed by atoms with Gasteiger partial charge in [0.25, 0.3) is 0 Å². The summed E-state index contributed by atoms with van der Waals surface area (Å²) in [5, 5.41) is 3.01. The van der Waals surface area contributed by atoms with Crippen LogP contribution in [0.15, 0.2) is 78.9 Å². The van der Waals surface area contributed by atoms with Crippen LogP contribution >= 0.6 is 11.6 Å². The molecule has 3 nitrogen and oxygen atoms in total. The van der Waals surface area contributed by atoms with Crippen LogP contribution in [0.4, 0.5) is 5.82 Å². The molecule has 118 valence electrons. The van der Waals surface area contributed by atoms with Crippen molar-refractivity contribution in [3.05, 3.63) is 89.6 Å². The van der Waals surface area contributed by atoms with Crippen molar-refractivity contribution in [2.75, 3.05) is 5.32 Å². The number of hydrogen-bond donors (Lipinski definition) is 1. The fourth-order valence-electron chi connectivity index (χ4n) is 2.23. The van der Waals surface area contributed by atoms with E-state index in [0.29, 0.717) is 11.0 Å². The van der Waals surface area contributed by atoms with Gasteiger partial charge >= 0.3 is 0 Å². The molecule has 0 atom stereocenters. The summed E-state index contributed by atoms with van der Waals surface area (Å²) in [4.78, 5) is 15.9. The fourth-order valence-corrected chi connectivity index (χ4v) is 2.40. The Morgan fingerprint density at radius 2 is 1.58 bits per heavy atom. The second kappa shape index (κ2) is 7.57. The average Bonchev–Trinajstić information content (AvgIpc) is 2.61. The molecule has 0 aliphatic heterocycles. The lowest BCUT2D eigenvalue weighted by Crippen LogP contribution is -2.08. The molecule has 0 unspecified atom stereocenters. The molecule has 0 spiro atoms. The standard InChI is InChI=1S/C20H15ClN2O/c21-18-7-4-8-19(22-18)23-20(24)14-11-15-9-12-17(13-10-15)16-5-2-1-3-6-16/h1-14H,(H,22,23,24)/b14-11+. The average molecular weight is 335 g/mol. The molecule has 3 rings (SSSR count). The quantitative estimate of drug-likeness (QED) is 0.535. The Morgan fingerprint density at radius 3 is 2.29 bits per heavy atom. The maximum atomic E-state index is 11.9. The van der Waals surface area contributed by atoms with Gasteiger partial charge in [0, 0.05) is 6.08 Å². The van der Waals surface area contributed by atoms with Gasteiger partial charge < -0.3 is 5.32 Å². The number of carbonyl (C=O) groups is 1. The molecule has 0 saturated heterocycles. The Balaban J connectivity index is 1.65. The maximum Gasteiger partial charge on any atom is 0.249 e. The SMILES string of the molecule is O=C(/C=C/c1ccc(-c2ccccc2)cc1)Nc1cccc(Cl)n1. The molecule has 24 heavy (non-hydrogen) atoms. The normalized spacial score (nSPS) is 10.7. The van der Waals surface area contributed by atoms with E-state index in [-0.39, 0.29) is 5.91 Å². The Morgan fingerprint density at radius 1 is 0.875 bits per heavy atom. The minimum atomic E-state index is -0.253. The first-order valence-corrected chi connectivity index (χ1v) is 7.86. The molecule has 2 aromatic carbocycles. The summed E-state index contributed by atoms with van der Waals surface area (Å²) in [6.07, 6.45) is 3.23. The first kappa shape index (κ1) is 16.0. The van der Waals surface area contributed by atoms with Crippen molar-refractivity contribution < 1.29 is 4.79 Å². The molecule has 1 N–H and O–H groups in total. The molecule has 0 aliphatic carbocycles. The zero-order valence-electron chi connectivity index (χ0n) is 12.8. The molecule has 1 heterocycles. The zero-order valence-corrected chi connectivity index (χ0v) is 13.6. The van der Waals surface area contributed by atoms with E-state index in [1.807, 2.05) is 42.5 Å². The molecule has 0 fully saturated rings. The number of benzene rings is 2. The van der Waals surface area contributed by atoms with Crippen LogP contribution in [0.2, 0.25) is 5.15 Å². The molecular formula is C20H15ClN2O. The van der Waals surface area contributed by atoms with Crippen LogP contribution in [0.3, 0.4) is 0 Å². The predicted octanol–water partition coefficient (Wildman–Crippen LogP) is 5.05. The minimum Gasteiger partial charge on any atom is -0.307 e. The largest absolute Gasteiger partial charge is 0.307 e. The fraction of sp³-hybridized carbons (Fsp3) is 0. The monoisotopic (exact) mass is 334 g/mol. The third-order valence-corrected chi connectivity index (χ3v) is 3.62.